The first kappa shape index (κ1) is 14.3. The molecule has 1 heterocycles. The van der Waals surface area contributed by atoms with Gasteiger partial charge in [-0.25, -0.2) is 4.39 Å². The van der Waals surface area contributed by atoms with Crippen molar-refractivity contribution < 1.29 is 9.13 Å². The van der Waals surface area contributed by atoms with E-state index in [9.17, 15) is 4.39 Å². The Bertz CT molecular complexity index is 442. The number of hydrogen-bond acceptors (Lipinski definition) is 3. The van der Waals surface area contributed by atoms with E-state index in [1.54, 1.807) is 6.07 Å². The molecule has 106 valence electrons. The van der Waals surface area contributed by atoms with Crippen molar-refractivity contribution in [3.8, 4) is 5.75 Å². The van der Waals surface area contributed by atoms with Gasteiger partial charge in [0.25, 0.3) is 0 Å². The van der Waals surface area contributed by atoms with Crippen LogP contribution in [0.2, 0.25) is 0 Å². The number of nitrogens with two attached hydrogens (primary N) is 1. The number of benzene rings is 1. The molecule has 0 bridgehead atoms. The highest BCUT2D eigenvalue weighted by molar-refractivity contribution is 5.32. The molecule has 1 aliphatic heterocycles. The average molecular weight is 266 g/mol. The third-order valence-electron chi connectivity index (χ3n) is 4.22. The maximum Gasteiger partial charge on any atom is 0.165 e. The molecule has 1 aromatic carbocycles. The first-order chi connectivity index (χ1) is 8.96. The van der Waals surface area contributed by atoms with Crippen LogP contribution in [-0.4, -0.2) is 30.6 Å². The Morgan fingerprint density at radius 2 is 1.95 bits per heavy atom. The van der Waals surface area contributed by atoms with Gasteiger partial charge in [0.2, 0.25) is 0 Å². The minimum Gasteiger partial charge on any atom is -0.494 e. The van der Waals surface area contributed by atoms with Gasteiger partial charge >= 0.3 is 0 Å². The second-order valence-corrected chi connectivity index (χ2v) is 5.72. The maximum absolute atomic E-state index is 13.8. The summed E-state index contributed by atoms with van der Waals surface area (Å²) in [6, 6.07) is 4.77. The van der Waals surface area contributed by atoms with Crippen LogP contribution in [0.15, 0.2) is 18.2 Å². The Labute approximate surface area is 114 Å². The van der Waals surface area contributed by atoms with Crippen LogP contribution < -0.4 is 10.5 Å². The van der Waals surface area contributed by atoms with Gasteiger partial charge in [-0.05, 0) is 57.5 Å². The summed E-state index contributed by atoms with van der Waals surface area (Å²) in [4.78, 5) is 2.39. The zero-order chi connectivity index (χ0) is 14.0. The minimum absolute atomic E-state index is 0.169. The van der Waals surface area contributed by atoms with Crippen molar-refractivity contribution >= 4 is 0 Å². The van der Waals surface area contributed by atoms with Crippen LogP contribution in [0, 0.1) is 5.82 Å². The summed E-state index contributed by atoms with van der Waals surface area (Å²) in [5.41, 5.74) is 7.01. The second kappa shape index (κ2) is 5.47. The molecule has 2 rings (SSSR count). The number of rotatable bonds is 4. The normalized spacial score (nSPS) is 18.6. The van der Waals surface area contributed by atoms with Crippen molar-refractivity contribution in [1.29, 1.82) is 0 Å². The topological polar surface area (TPSA) is 38.5 Å². The molecule has 1 unspecified atom stereocenters. The molecule has 1 fully saturated rings. The Hall–Kier alpha value is -1.13. The molecule has 1 aromatic rings. The van der Waals surface area contributed by atoms with Crippen LogP contribution in [0.3, 0.4) is 0 Å². The van der Waals surface area contributed by atoms with Gasteiger partial charge in [0, 0.05) is 11.6 Å². The van der Waals surface area contributed by atoms with Crippen molar-refractivity contribution in [3.63, 3.8) is 0 Å². The lowest BCUT2D eigenvalue weighted by molar-refractivity contribution is 0.124. The zero-order valence-electron chi connectivity index (χ0n) is 11.9. The van der Waals surface area contributed by atoms with Crippen molar-refractivity contribution in [2.45, 2.75) is 38.3 Å². The summed E-state index contributed by atoms with van der Waals surface area (Å²) in [7, 11) is 1.46. The average Bonchev–Trinajstić information content (AvgIpc) is 2.92. The van der Waals surface area contributed by atoms with Crippen LogP contribution >= 0.6 is 0 Å². The molecular formula is C15H23FN2O. The van der Waals surface area contributed by atoms with Gasteiger partial charge in [-0.1, -0.05) is 6.07 Å². The lowest BCUT2D eigenvalue weighted by atomic mass is 9.87. The third-order valence-corrected chi connectivity index (χ3v) is 4.22. The molecule has 0 saturated carbocycles. The fourth-order valence-corrected chi connectivity index (χ4v) is 2.77. The van der Waals surface area contributed by atoms with E-state index in [0.717, 1.165) is 18.7 Å². The summed E-state index contributed by atoms with van der Waals surface area (Å²) in [5, 5.41) is 0. The van der Waals surface area contributed by atoms with Crippen molar-refractivity contribution in [3.05, 3.63) is 29.6 Å². The molecule has 1 atom stereocenters. The molecular weight excluding hydrogens is 243 g/mol. The lowest BCUT2D eigenvalue weighted by Gasteiger charge is -2.40. The molecule has 4 heteroatoms. The van der Waals surface area contributed by atoms with E-state index in [1.807, 2.05) is 6.07 Å². The van der Waals surface area contributed by atoms with E-state index in [1.165, 1.54) is 26.0 Å². The van der Waals surface area contributed by atoms with Crippen molar-refractivity contribution in [1.82, 2.24) is 4.90 Å². The van der Waals surface area contributed by atoms with E-state index < -0.39 is 0 Å². The molecule has 0 radical (unpaired) electrons. The summed E-state index contributed by atoms with van der Waals surface area (Å²) >= 11 is 0. The quantitative estimate of drug-likeness (QED) is 0.910. The van der Waals surface area contributed by atoms with E-state index in [4.69, 9.17) is 10.5 Å². The molecule has 0 aliphatic carbocycles. The van der Waals surface area contributed by atoms with E-state index in [-0.39, 0.29) is 23.1 Å². The summed E-state index contributed by atoms with van der Waals surface area (Å²) < 4.78 is 18.7. The monoisotopic (exact) mass is 266 g/mol. The standard InChI is InChI=1S/C15H23FN2O/c1-15(2,18-8-4-5-9-18)14(17)11-6-7-13(19-3)12(16)10-11/h6-7,10,14H,4-5,8-9,17H2,1-3H3. The van der Waals surface area contributed by atoms with Gasteiger partial charge in [0.15, 0.2) is 11.6 Å². The first-order valence-electron chi connectivity index (χ1n) is 6.81. The number of ether oxygens (including phenoxy) is 1. The van der Waals surface area contributed by atoms with Crippen molar-refractivity contribution in [2.24, 2.45) is 5.73 Å². The Balaban J connectivity index is 2.22. The lowest BCUT2D eigenvalue weighted by Crippen LogP contribution is -2.49. The molecule has 0 amide bonds. The number of halogens is 1. The highest BCUT2D eigenvalue weighted by Gasteiger charge is 2.35. The predicted molar refractivity (Wildman–Crippen MR) is 74.8 cm³/mol. The van der Waals surface area contributed by atoms with E-state index in [2.05, 4.69) is 18.7 Å². The predicted octanol–water partition coefficient (Wildman–Crippen LogP) is 2.71. The molecule has 3 nitrogen and oxygen atoms in total. The summed E-state index contributed by atoms with van der Waals surface area (Å²) in [6.07, 6.45) is 2.43. The van der Waals surface area contributed by atoms with Crippen LogP contribution in [0.5, 0.6) is 5.75 Å². The SMILES string of the molecule is COc1ccc(C(N)C(C)(C)N2CCCC2)cc1F. The van der Waals surface area contributed by atoms with E-state index in [0.29, 0.717) is 0 Å². The Morgan fingerprint density at radius 3 is 2.47 bits per heavy atom. The van der Waals surface area contributed by atoms with Crippen LogP contribution in [0.4, 0.5) is 4.39 Å². The maximum atomic E-state index is 13.8. The molecule has 2 N–H and O–H groups in total. The van der Waals surface area contributed by atoms with Crippen LogP contribution in [0.25, 0.3) is 0 Å². The van der Waals surface area contributed by atoms with Crippen LogP contribution in [0.1, 0.15) is 38.3 Å². The molecule has 1 aliphatic rings. The first-order valence-corrected chi connectivity index (χ1v) is 6.81. The number of nitrogens with zero attached hydrogens (tertiary/aromatic N) is 1. The highest BCUT2D eigenvalue weighted by atomic mass is 19.1. The summed E-state index contributed by atoms with van der Waals surface area (Å²) in [5.74, 6) is -0.0948. The van der Waals surface area contributed by atoms with Crippen molar-refractivity contribution in [2.75, 3.05) is 20.2 Å². The minimum atomic E-state index is -0.354. The van der Waals surface area contributed by atoms with Gasteiger partial charge in [0.1, 0.15) is 0 Å². The van der Waals surface area contributed by atoms with Gasteiger partial charge in [-0.2, -0.15) is 0 Å². The fourth-order valence-electron chi connectivity index (χ4n) is 2.77. The smallest absolute Gasteiger partial charge is 0.165 e. The zero-order valence-corrected chi connectivity index (χ0v) is 11.9. The third kappa shape index (κ3) is 2.74. The largest absolute Gasteiger partial charge is 0.494 e. The van der Waals surface area contributed by atoms with Crippen LogP contribution in [-0.2, 0) is 0 Å². The van der Waals surface area contributed by atoms with Gasteiger partial charge in [0.05, 0.1) is 7.11 Å². The molecule has 19 heavy (non-hydrogen) atoms. The molecule has 1 saturated heterocycles. The summed E-state index contributed by atoms with van der Waals surface area (Å²) in [6.45, 7) is 6.40. The van der Waals surface area contributed by atoms with Gasteiger partial charge in [-0.3, -0.25) is 4.90 Å². The Morgan fingerprint density at radius 1 is 1.32 bits per heavy atom. The van der Waals surface area contributed by atoms with E-state index >= 15 is 0 Å². The number of hydrogen-bond donors (Lipinski definition) is 1. The number of methoxy groups -OCH3 is 1. The van der Waals surface area contributed by atoms with Gasteiger partial charge in [-0.15, -0.1) is 0 Å². The molecule has 0 spiro atoms. The highest BCUT2D eigenvalue weighted by Crippen LogP contribution is 2.33. The fraction of sp³-hybridized carbons (Fsp3) is 0.600. The second-order valence-electron chi connectivity index (χ2n) is 5.72. The molecule has 0 aromatic heterocycles. The van der Waals surface area contributed by atoms with Gasteiger partial charge < -0.3 is 10.5 Å². The number of likely N-dealkylation sites (tertiary alicyclic amines) is 1. The Kier molecular flexibility index (Phi) is 4.11.